The number of rotatable bonds is 2. The van der Waals surface area contributed by atoms with E-state index in [4.69, 9.17) is 19.3 Å². The largest absolute Gasteiger partial charge is 0.492 e. The molecule has 1 aliphatic rings. The molecule has 0 saturated carbocycles. The van der Waals surface area contributed by atoms with Crippen LogP contribution in [0.25, 0.3) is 27.8 Å². The van der Waals surface area contributed by atoms with E-state index in [-0.39, 0.29) is 18.7 Å². The minimum atomic E-state index is -0.657. The van der Waals surface area contributed by atoms with Gasteiger partial charge in [-0.25, -0.2) is 19.1 Å². The lowest BCUT2D eigenvalue weighted by molar-refractivity contribution is 0.0234. The number of anilines is 1. The lowest BCUT2D eigenvalue weighted by Crippen LogP contribution is -2.41. The second-order valence-corrected chi connectivity index (χ2v) is 10.5. The highest BCUT2D eigenvalue weighted by atomic mass is 16.7. The molecular weight excluding hydrogens is 528 g/mol. The molecule has 3 aromatic heterocycles. The van der Waals surface area contributed by atoms with Crippen LogP contribution in [0.1, 0.15) is 31.1 Å². The fourth-order valence-electron chi connectivity index (χ4n) is 4.39. The van der Waals surface area contributed by atoms with Gasteiger partial charge in [-0.2, -0.15) is 5.10 Å². The van der Waals surface area contributed by atoms with Gasteiger partial charge < -0.3 is 24.5 Å². The van der Waals surface area contributed by atoms with Crippen molar-refractivity contribution in [2.24, 2.45) is 0 Å². The van der Waals surface area contributed by atoms with Crippen LogP contribution in [-0.2, 0) is 4.74 Å². The smallest absolute Gasteiger partial charge is 0.410 e. The summed E-state index contributed by atoms with van der Waals surface area (Å²) in [5, 5.41) is 15.7. The van der Waals surface area contributed by atoms with Crippen molar-refractivity contribution in [1.29, 1.82) is 0 Å². The number of ether oxygens (including phenoxy) is 2. The highest BCUT2D eigenvalue weighted by Gasteiger charge is 2.23. The van der Waals surface area contributed by atoms with Gasteiger partial charge in [-0.3, -0.25) is 0 Å². The third-order valence-corrected chi connectivity index (χ3v) is 6.28. The third-order valence-electron chi connectivity index (χ3n) is 6.28. The number of hydrogen-bond acceptors (Lipinski definition) is 10. The quantitative estimate of drug-likeness (QED) is 0.322. The minimum Gasteiger partial charge on any atom is -0.492 e. The van der Waals surface area contributed by atoms with Gasteiger partial charge in [0.05, 0.1) is 18.3 Å². The summed E-state index contributed by atoms with van der Waals surface area (Å²) >= 11 is 0. The first kappa shape index (κ1) is 26.0. The van der Waals surface area contributed by atoms with E-state index in [2.05, 4.69) is 20.7 Å². The number of aromatic nitrogens is 6. The second kappa shape index (κ2) is 10.4. The molecule has 4 bridgehead atoms. The molecule has 4 heterocycles. The summed E-state index contributed by atoms with van der Waals surface area (Å²) in [5.74, 6) is 0.369. The van der Waals surface area contributed by atoms with Gasteiger partial charge in [0.25, 0.3) is 0 Å². The zero-order chi connectivity index (χ0) is 28.6. The molecule has 0 spiro atoms. The van der Waals surface area contributed by atoms with E-state index in [1.807, 2.05) is 26.8 Å². The van der Waals surface area contributed by atoms with Crippen LogP contribution in [-0.4, -0.2) is 78.6 Å². The van der Waals surface area contributed by atoms with E-state index in [9.17, 15) is 9.59 Å². The topological polar surface area (TPSA) is 138 Å². The number of nitrogens with zero attached hydrogens (tertiary/aromatic N) is 7. The fourth-order valence-corrected chi connectivity index (χ4v) is 4.39. The summed E-state index contributed by atoms with van der Waals surface area (Å²) < 4.78 is 13.3. The number of amides is 1. The number of benzene rings is 2. The highest BCUT2D eigenvalue weighted by molar-refractivity contribution is 5.93. The first-order valence-electron chi connectivity index (χ1n) is 13.1. The molecule has 5 aromatic rings. The van der Waals surface area contributed by atoms with Gasteiger partial charge in [0.2, 0.25) is 0 Å². The first-order chi connectivity index (χ1) is 19.7. The summed E-state index contributed by atoms with van der Waals surface area (Å²) in [4.78, 5) is 39.2. The second-order valence-electron chi connectivity index (χ2n) is 10.5. The van der Waals surface area contributed by atoms with Crippen LogP contribution in [0.2, 0.25) is 0 Å². The Labute approximate surface area is 234 Å². The molecule has 2 aromatic carbocycles. The Kier molecular flexibility index (Phi) is 6.61. The fraction of sp³-hybridized carbons (Fsp3) is 0.286. The Balaban J connectivity index is 1.36. The zero-order valence-electron chi connectivity index (χ0n) is 22.8. The molecule has 0 atom stereocenters. The summed E-state index contributed by atoms with van der Waals surface area (Å²) in [6.07, 6.45) is 3.02. The van der Waals surface area contributed by atoms with E-state index in [1.54, 1.807) is 64.3 Å². The van der Waals surface area contributed by atoms with Crippen molar-refractivity contribution in [2.75, 3.05) is 31.6 Å². The Morgan fingerprint density at radius 3 is 2.78 bits per heavy atom. The van der Waals surface area contributed by atoms with Crippen LogP contribution >= 0.6 is 0 Å². The van der Waals surface area contributed by atoms with Crippen LogP contribution in [0.3, 0.4) is 0 Å². The van der Waals surface area contributed by atoms with Crippen LogP contribution in [0.5, 0.6) is 5.75 Å². The first-order valence-corrected chi connectivity index (χ1v) is 13.1. The van der Waals surface area contributed by atoms with Crippen LogP contribution in [0, 0.1) is 0 Å². The lowest BCUT2D eigenvalue weighted by atomic mass is 10.0. The Morgan fingerprint density at radius 2 is 1.93 bits per heavy atom. The molecule has 1 amide bonds. The maximum absolute atomic E-state index is 13.3. The Hall–Kier alpha value is -5.20. The Bertz CT molecular complexity index is 1760. The van der Waals surface area contributed by atoms with Gasteiger partial charge in [-0.05, 0) is 67.9 Å². The molecule has 0 aliphatic carbocycles. The van der Waals surface area contributed by atoms with Crippen LogP contribution in [0.4, 0.5) is 10.6 Å². The molecule has 13 heteroatoms. The van der Waals surface area contributed by atoms with E-state index in [1.165, 1.54) is 0 Å². The SMILES string of the molecule is CC(C)(C)OC(=O)N1CCNc2ccn3ncc(c3n2)-c2cc(cc(C(=O)On3nnc4ccccc43)c2)OCC1. The molecule has 210 valence electrons. The predicted molar refractivity (Wildman–Crippen MR) is 149 cm³/mol. The molecular formula is C28H28N8O5. The number of nitrogens with one attached hydrogen (secondary N) is 1. The molecule has 13 nitrogen and oxygen atoms in total. The van der Waals surface area contributed by atoms with Crippen LogP contribution < -0.4 is 14.9 Å². The van der Waals surface area contributed by atoms with Crippen molar-refractivity contribution in [3.63, 3.8) is 0 Å². The monoisotopic (exact) mass is 556 g/mol. The van der Waals surface area contributed by atoms with Crippen molar-refractivity contribution < 1.29 is 23.9 Å². The van der Waals surface area contributed by atoms with Gasteiger partial charge in [-0.15, -0.1) is 5.10 Å². The zero-order valence-corrected chi connectivity index (χ0v) is 22.8. The van der Waals surface area contributed by atoms with Gasteiger partial charge in [-0.1, -0.05) is 17.0 Å². The average molecular weight is 557 g/mol. The third kappa shape index (κ3) is 5.60. The molecule has 41 heavy (non-hydrogen) atoms. The molecule has 0 fully saturated rings. The molecule has 0 saturated heterocycles. The summed E-state index contributed by atoms with van der Waals surface area (Å²) in [5.41, 5.74) is 2.66. The van der Waals surface area contributed by atoms with E-state index in [0.29, 0.717) is 52.5 Å². The maximum atomic E-state index is 13.3. The van der Waals surface area contributed by atoms with Crippen LogP contribution in [0.15, 0.2) is 60.9 Å². The predicted octanol–water partition coefficient (Wildman–Crippen LogP) is 3.45. The lowest BCUT2D eigenvalue weighted by Gasteiger charge is -2.27. The van der Waals surface area contributed by atoms with Gasteiger partial charge in [0, 0.05) is 24.8 Å². The number of hydrogen-bond donors (Lipinski definition) is 1. The molecule has 1 aliphatic heterocycles. The molecule has 0 radical (unpaired) electrons. The highest BCUT2D eigenvalue weighted by Crippen LogP contribution is 2.30. The normalized spacial score (nSPS) is 13.9. The Morgan fingerprint density at radius 1 is 1.07 bits per heavy atom. The van der Waals surface area contributed by atoms with E-state index in [0.717, 1.165) is 4.85 Å². The number of para-hydroxylation sites is 1. The molecule has 0 unspecified atom stereocenters. The summed E-state index contributed by atoms with van der Waals surface area (Å²) in [6, 6.07) is 14.0. The van der Waals surface area contributed by atoms with E-state index < -0.39 is 17.7 Å². The van der Waals surface area contributed by atoms with Gasteiger partial charge >= 0.3 is 12.1 Å². The molecule has 6 rings (SSSR count). The van der Waals surface area contributed by atoms with Gasteiger partial charge in [0.1, 0.15) is 34.8 Å². The van der Waals surface area contributed by atoms with Crippen molar-refractivity contribution in [1.82, 2.24) is 34.7 Å². The summed E-state index contributed by atoms with van der Waals surface area (Å²) in [6.45, 7) is 6.70. The van der Waals surface area contributed by atoms with Crippen molar-refractivity contribution in [3.8, 4) is 16.9 Å². The summed E-state index contributed by atoms with van der Waals surface area (Å²) in [7, 11) is 0. The number of carbonyl (C=O) groups excluding carboxylic acids is 2. The van der Waals surface area contributed by atoms with E-state index >= 15 is 0 Å². The van der Waals surface area contributed by atoms with Crippen molar-refractivity contribution in [2.45, 2.75) is 26.4 Å². The maximum Gasteiger partial charge on any atom is 0.410 e. The van der Waals surface area contributed by atoms with Crippen molar-refractivity contribution >= 4 is 34.6 Å². The average Bonchev–Trinajstić information content (AvgIpc) is 3.55. The molecule has 1 N–H and O–H groups in total. The standard InChI is InChI=1S/C28H28N8O5/c1-28(2,3)40-27(38)34-11-9-29-24-8-10-35-25(31-24)21(17-30-35)18-14-19(16-20(15-18)39-13-12-34)26(37)41-36-23-7-5-4-6-22(23)32-33-36/h4-8,10,14-17H,9,11-13H2,1-3H3,(H,29,31). The number of fused-ring (bicyclic) bond motifs is 5. The number of carbonyl (C=O) groups is 2. The minimum absolute atomic E-state index is 0.165. The van der Waals surface area contributed by atoms with Crippen molar-refractivity contribution in [3.05, 3.63) is 66.5 Å². The van der Waals surface area contributed by atoms with Gasteiger partial charge in [0.15, 0.2) is 5.65 Å².